The van der Waals surface area contributed by atoms with E-state index in [1.807, 2.05) is 11.8 Å². The lowest BCUT2D eigenvalue weighted by Gasteiger charge is -2.10. The van der Waals surface area contributed by atoms with Gasteiger partial charge in [0.1, 0.15) is 16.7 Å². The van der Waals surface area contributed by atoms with E-state index in [2.05, 4.69) is 35.2 Å². The van der Waals surface area contributed by atoms with Crippen molar-refractivity contribution in [2.45, 2.75) is 57.4 Å². The average Bonchev–Trinajstić information content (AvgIpc) is 2.90. The highest BCUT2D eigenvalue weighted by Crippen LogP contribution is 2.30. The number of aryl methyl sites for hydroxylation is 1. The van der Waals surface area contributed by atoms with Crippen molar-refractivity contribution >= 4 is 17.6 Å². The van der Waals surface area contributed by atoms with Gasteiger partial charge in [0.25, 0.3) is 0 Å². The first kappa shape index (κ1) is 14.6. The molecule has 1 fully saturated rings. The van der Waals surface area contributed by atoms with Crippen LogP contribution in [-0.4, -0.2) is 22.3 Å². The first-order valence-electron chi connectivity index (χ1n) is 7.56. The van der Waals surface area contributed by atoms with E-state index in [1.54, 1.807) is 0 Å². The fourth-order valence-corrected chi connectivity index (χ4v) is 3.64. The molecular weight excluding hydrogens is 254 g/mol. The van der Waals surface area contributed by atoms with E-state index in [9.17, 15) is 0 Å². The van der Waals surface area contributed by atoms with Gasteiger partial charge in [0, 0.05) is 24.8 Å². The maximum atomic E-state index is 4.68. The minimum atomic E-state index is 0.900. The van der Waals surface area contributed by atoms with Crippen LogP contribution in [-0.2, 0) is 6.42 Å². The van der Waals surface area contributed by atoms with Gasteiger partial charge in [-0.1, -0.05) is 19.8 Å². The lowest BCUT2D eigenvalue weighted by molar-refractivity contribution is 0.622. The summed E-state index contributed by atoms with van der Waals surface area (Å²) in [6.45, 7) is 5.19. The topological polar surface area (TPSA) is 37.8 Å². The summed E-state index contributed by atoms with van der Waals surface area (Å²) >= 11 is 1.91. The van der Waals surface area contributed by atoms with E-state index in [-0.39, 0.29) is 0 Å². The summed E-state index contributed by atoms with van der Waals surface area (Å²) < 4.78 is 0. The highest BCUT2D eigenvalue weighted by atomic mass is 32.2. The van der Waals surface area contributed by atoms with Crippen LogP contribution in [0.4, 0.5) is 5.82 Å². The summed E-state index contributed by atoms with van der Waals surface area (Å²) in [5, 5.41) is 4.45. The molecule has 1 aliphatic rings. The molecule has 1 heterocycles. The number of thioether (sulfide) groups is 1. The van der Waals surface area contributed by atoms with Gasteiger partial charge in [-0.2, -0.15) is 0 Å². The number of hydrogen-bond acceptors (Lipinski definition) is 4. The number of rotatable bonds is 7. The quantitative estimate of drug-likeness (QED) is 0.601. The van der Waals surface area contributed by atoms with Gasteiger partial charge in [-0.05, 0) is 32.1 Å². The summed E-state index contributed by atoms with van der Waals surface area (Å²) in [7, 11) is 0. The van der Waals surface area contributed by atoms with Gasteiger partial charge < -0.3 is 5.32 Å². The second-order valence-electron chi connectivity index (χ2n) is 5.25. The monoisotopic (exact) mass is 279 g/mol. The fraction of sp³-hybridized carbons (Fsp3) is 0.733. The molecule has 2 rings (SSSR count). The molecule has 1 aliphatic carbocycles. The number of aromatic nitrogens is 2. The molecule has 0 radical (unpaired) electrons. The third-order valence-corrected chi connectivity index (χ3v) is 4.67. The predicted octanol–water partition coefficient (Wildman–Crippen LogP) is 4.14. The molecule has 0 aromatic carbocycles. The number of nitrogens with zero attached hydrogens (tertiary/aromatic N) is 2. The van der Waals surface area contributed by atoms with Crippen LogP contribution in [0.25, 0.3) is 0 Å². The van der Waals surface area contributed by atoms with Crippen LogP contribution < -0.4 is 5.32 Å². The Morgan fingerprint density at radius 3 is 2.74 bits per heavy atom. The van der Waals surface area contributed by atoms with Gasteiger partial charge in [-0.3, -0.25) is 0 Å². The predicted molar refractivity (Wildman–Crippen MR) is 82.9 cm³/mol. The van der Waals surface area contributed by atoms with E-state index in [0.29, 0.717) is 0 Å². The zero-order chi connectivity index (χ0) is 13.5. The first-order chi connectivity index (χ1) is 9.31. The van der Waals surface area contributed by atoms with Gasteiger partial charge >= 0.3 is 0 Å². The van der Waals surface area contributed by atoms with E-state index >= 15 is 0 Å². The van der Waals surface area contributed by atoms with Crippen LogP contribution >= 0.6 is 11.8 Å². The molecule has 1 aromatic rings. The van der Waals surface area contributed by atoms with Crippen molar-refractivity contribution < 1.29 is 0 Å². The third kappa shape index (κ3) is 4.68. The normalized spacial score (nSPS) is 15.9. The molecule has 0 aliphatic heterocycles. The van der Waals surface area contributed by atoms with E-state index in [4.69, 9.17) is 0 Å². The minimum absolute atomic E-state index is 0.900. The lowest BCUT2D eigenvalue weighted by Crippen LogP contribution is -2.05. The Morgan fingerprint density at radius 1 is 1.26 bits per heavy atom. The standard InChI is InChI=1S/C15H25N3S/c1-3-7-13-17-14(16-4-2)10-15(18-13)19-11-12-8-5-6-9-12/h10,12H,3-9,11H2,1-2H3,(H,16,17,18). The fourth-order valence-electron chi connectivity index (χ4n) is 2.53. The van der Waals surface area contributed by atoms with E-state index in [1.165, 1.54) is 31.4 Å². The minimum Gasteiger partial charge on any atom is -0.370 e. The van der Waals surface area contributed by atoms with Gasteiger partial charge in [0.2, 0.25) is 0 Å². The summed E-state index contributed by atoms with van der Waals surface area (Å²) in [6.07, 6.45) is 7.70. The maximum absolute atomic E-state index is 4.68. The summed E-state index contributed by atoms with van der Waals surface area (Å²) in [5.41, 5.74) is 0. The first-order valence-corrected chi connectivity index (χ1v) is 8.55. The van der Waals surface area contributed by atoms with Gasteiger partial charge in [-0.15, -0.1) is 11.8 Å². The van der Waals surface area contributed by atoms with Gasteiger partial charge in [0.15, 0.2) is 0 Å². The Hall–Kier alpha value is -0.770. The number of anilines is 1. The molecule has 0 atom stereocenters. The van der Waals surface area contributed by atoms with E-state index in [0.717, 1.165) is 42.0 Å². The molecule has 3 nitrogen and oxygen atoms in total. The highest BCUT2D eigenvalue weighted by Gasteiger charge is 2.15. The second-order valence-corrected chi connectivity index (χ2v) is 6.29. The Balaban J connectivity index is 1.99. The van der Waals surface area contributed by atoms with Crippen molar-refractivity contribution in [1.29, 1.82) is 0 Å². The Kier molecular flexibility index (Phi) is 5.95. The van der Waals surface area contributed by atoms with Crippen LogP contribution in [0.5, 0.6) is 0 Å². The van der Waals surface area contributed by atoms with E-state index < -0.39 is 0 Å². The van der Waals surface area contributed by atoms with Gasteiger partial charge in [-0.25, -0.2) is 9.97 Å². The third-order valence-electron chi connectivity index (χ3n) is 3.52. The van der Waals surface area contributed by atoms with Crippen LogP contribution in [0.15, 0.2) is 11.1 Å². The average molecular weight is 279 g/mol. The number of nitrogens with one attached hydrogen (secondary N) is 1. The molecule has 0 saturated heterocycles. The smallest absolute Gasteiger partial charge is 0.132 e. The molecule has 0 amide bonds. The zero-order valence-corrected chi connectivity index (χ0v) is 12.9. The van der Waals surface area contributed by atoms with Crippen LogP contribution in [0.1, 0.15) is 51.8 Å². The summed E-state index contributed by atoms with van der Waals surface area (Å²) in [4.78, 5) is 9.24. The van der Waals surface area contributed by atoms with Crippen molar-refractivity contribution in [3.05, 3.63) is 11.9 Å². The van der Waals surface area contributed by atoms with Crippen molar-refractivity contribution in [3.8, 4) is 0 Å². The Morgan fingerprint density at radius 2 is 2.05 bits per heavy atom. The molecule has 0 unspecified atom stereocenters. The second kappa shape index (κ2) is 7.73. The molecule has 106 valence electrons. The summed E-state index contributed by atoms with van der Waals surface area (Å²) in [5.74, 6) is 4.08. The molecule has 1 saturated carbocycles. The number of hydrogen-bond donors (Lipinski definition) is 1. The SMILES string of the molecule is CCCc1nc(NCC)cc(SCC2CCCC2)n1. The Labute approximate surface area is 121 Å². The largest absolute Gasteiger partial charge is 0.370 e. The Bertz CT molecular complexity index is 365. The maximum Gasteiger partial charge on any atom is 0.132 e. The van der Waals surface area contributed by atoms with Crippen molar-refractivity contribution in [1.82, 2.24) is 9.97 Å². The highest BCUT2D eigenvalue weighted by molar-refractivity contribution is 7.99. The molecular formula is C15H25N3S. The van der Waals surface area contributed by atoms with Crippen LogP contribution in [0, 0.1) is 5.92 Å². The molecule has 0 spiro atoms. The lowest BCUT2D eigenvalue weighted by atomic mass is 10.1. The molecule has 1 N–H and O–H groups in total. The van der Waals surface area contributed by atoms with Gasteiger partial charge in [0.05, 0.1) is 0 Å². The molecule has 19 heavy (non-hydrogen) atoms. The van der Waals surface area contributed by atoms with Crippen LogP contribution in [0.3, 0.4) is 0 Å². The zero-order valence-electron chi connectivity index (χ0n) is 12.1. The molecule has 0 bridgehead atoms. The molecule has 1 aromatic heterocycles. The summed E-state index contributed by atoms with van der Waals surface area (Å²) in [6, 6.07) is 2.10. The van der Waals surface area contributed by atoms with Crippen molar-refractivity contribution in [2.75, 3.05) is 17.6 Å². The van der Waals surface area contributed by atoms with Crippen molar-refractivity contribution in [2.24, 2.45) is 5.92 Å². The van der Waals surface area contributed by atoms with Crippen LogP contribution in [0.2, 0.25) is 0 Å². The molecule has 4 heteroatoms. The van der Waals surface area contributed by atoms with Crippen molar-refractivity contribution in [3.63, 3.8) is 0 Å².